The van der Waals surface area contributed by atoms with Crippen LogP contribution < -0.4 is 0 Å². The number of aryl methyl sites for hydroxylation is 1. The van der Waals surface area contributed by atoms with E-state index in [9.17, 15) is 34.8 Å². The van der Waals surface area contributed by atoms with Gasteiger partial charge in [0.25, 0.3) is 0 Å². The Bertz CT molecular complexity index is 679. The minimum atomic E-state index is -4.81. The van der Waals surface area contributed by atoms with Gasteiger partial charge in [-0.3, -0.25) is 0 Å². The Kier molecular flexibility index (Phi) is 5.98. The first-order valence-electron chi connectivity index (χ1n) is 6.89. The molecule has 0 atom stereocenters. The monoisotopic (exact) mass is 377 g/mol. The van der Waals surface area contributed by atoms with Crippen molar-refractivity contribution in [3.05, 3.63) is 29.3 Å². The summed E-state index contributed by atoms with van der Waals surface area (Å²) in [5.41, 5.74) is -1.41. The van der Waals surface area contributed by atoms with E-state index in [4.69, 9.17) is 0 Å². The molecule has 0 heterocycles. The number of hydrogen-bond acceptors (Lipinski definition) is 2. The van der Waals surface area contributed by atoms with Gasteiger partial charge in [-0.15, -0.1) is 0 Å². The Labute approximate surface area is 136 Å². The number of alkyl halides is 6. The molecule has 0 amide bonds. The van der Waals surface area contributed by atoms with Crippen molar-refractivity contribution in [2.24, 2.45) is 5.92 Å². The molecule has 1 rings (SSSR count). The summed E-state index contributed by atoms with van der Waals surface area (Å²) in [5.74, 6) is -0.436. The number of rotatable bonds is 5. The molecule has 0 saturated carbocycles. The summed E-state index contributed by atoms with van der Waals surface area (Å²) in [5, 5.41) is 0. The van der Waals surface area contributed by atoms with E-state index in [1.807, 2.05) is 0 Å². The fourth-order valence-electron chi connectivity index (χ4n) is 2.07. The maximum absolute atomic E-state index is 12.9. The Balaban J connectivity index is 3.39. The van der Waals surface area contributed by atoms with Crippen molar-refractivity contribution < 1.29 is 34.8 Å². The molecule has 1 aromatic rings. The molecule has 24 heavy (non-hydrogen) atoms. The molecular weight excluding hydrogens is 360 g/mol. The van der Waals surface area contributed by atoms with Crippen molar-refractivity contribution in [3.63, 3.8) is 0 Å². The summed E-state index contributed by atoms with van der Waals surface area (Å²) in [6.45, 7) is 1.94. The normalized spacial score (nSPS) is 13.8. The van der Waals surface area contributed by atoms with E-state index in [-0.39, 0.29) is 9.87 Å². The van der Waals surface area contributed by atoms with Crippen LogP contribution in [0.2, 0.25) is 0 Å². The van der Waals surface area contributed by atoms with Gasteiger partial charge in [0.05, 0.1) is 10.5 Å². The van der Waals surface area contributed by atoms with Gasteiger partial charge in [-0.05, 0) is 30.5 Å². The molecule has 3 nitrogen and oxygen atoms in total. The molecule has 0 aliphatic rings. The first kappa shape index (κ1) is 20.8. The fourth-order valence-corrected chi connectivity index (χ4v) is 3.69. The van der Waals surface area contributed by atoms with E-state index >= 15 is 0 Å². The molecule has 138 valence electrons. The van der Waals surface area contributed by atoms with Crippen LogP contribution in [0.15, 0.2) is 23.1 Å². The van der Waals surface area contributed by atoms with Crippen molar-refractivity contribution in [2.45, 2.75) is 38.0 Å². The Hall–Kier alpha value is -1.29. The van der Waals surface area contributed by atoms with E-state index < -0.39 is 51.8 Å². The first-order chi connectivity index (χ1) is 10.6. The highest BCUT2D eigenvalue weighted by molar-refractivity contribution is 7.89. The third-order valence-electron chi connectivity index (χ3n) is 3.08. The molecule has 1 aromatic carbocycles. The first-order valence-corrected chi connectivity index (χ1v) is 8.33. The number of hydrogen-bond donors (Lipinski definition) is 0. The van der Waals surface area contributed by atoms with Crippen molar-refractivity contribution in [1.82, 2.24) is 4.31 Å². The molecule has 10 heteroatoms. The molecule has 0 aliphatic heterocycles. The van der Waals surface area contributed by atoms with Crippen LogP contribution in [0, 0.1) is 12.8 Å². The molecular formula is C14H17F6NO2S. The topological polar surface area (TPSA) is 37.4 Å². The molecule has 0 aromatic heterocycles. The maximum atomic E-state index is 12.9. The number of halogens is 6. The van der Waals surface area contributed by atoms with Gasteiger partial charge < -0.3 is 0 Å². The smallest absolute Gasteiger partial charge is 0.207 e. The van der Waals surface area contributed by atoms with Crippen LogP contribution in [-0.2, 0) is 16.2 Å². The second-order valence-electron chi connectivity index (χ2n) is 5.78. The summed E-state index contributed by atoms with van der Waals surface area (Å²) in [6.07, 6.45) is -9.61. The van der Waals surface area contributed by atoms with Gasteiger partial charge in [-0.25, -0.2) is 8.42 Å². The fraction of sp³-hybridized carbons (Fsp3) is 0.571. The molecule has 0 radical (unpaired) electrons. The van der Waals surface area contributed by atoms with Crippen LogP contribution in [0.5, 0.6) is 0 Å². The standard InChI is InChI=1S/C14H17F6NO2S/c1-9(2)7-21(8-13(15,16)17)24(22,23)11-5-4-10(3)12(6-11)14(18,19)20/h4-6,9H,7-8H2,1-3H3. The molecule has 0 bridgehead atoms. The van der Waals surface area contributed by atoms with Gasteiger partial charge in [0.2, 0.25) is 10.0 Å². The van der Waals surface area contributed by atoms with Crippen LogP contribution in [0.3, 0.4) is 0 Å². The predicted octanol–water partition coefficient (Wildman–Crippen LogP) is 4.22. The Morgan fingerprint density at radius 3 is 2.04 bits per heavy atom. The summed E-state index contributed by atoms with van der Waals surface area (Å²) in [7, 11) is -4.72. The largest absolute Gasteiger partial charge is 0.416 e. The minimum absolute atomic E-state index is 0.155. The highest BCUT2D eigenvalue weighted by Crippen LogP contribution is 2.34. The SMILES string of the molecule is Cc1ccc(S(=O)(=O)N(CC(C)C)CC(F)(F)F)cc1C(F)(F)F. The Morgan fingerprint density at radius 1 is 1.08 bits per heavy atom. The maximum Gasteiger partial charge on any atom is 0.416 e. The highest BCUT2D eigenvalue weighted by atomic mass is 32.2. The van der Waals surface area contributed by atoms with Crippen LogP contribution >= 0.6 is 0 Å². The van der Waals surface area contributed by atoms with E-state index in [0.717, 1.165) is 19.1 Å². The molecule has 0 unspecified atom stereocenters. The zero-order valence-corrected chi connectivity index (χ0v) is 14.0. The second kappa shape index (κ2) is 6.91. The van der Waals surface area contributed by atoms with Crippen LogP contribution in [0.4, 0.5) is 26.3 Å². The summed E-state index contributed by atoms with van der Waals surface area (Å²) >= 11 is 0. The van der Waals surface area contributed by atoms with E-state index in [1.165, 1.54) is 13.8 Å². The number of sulfonamides is 1. The van der Waals surface area contributed by atoms with E-state index in [1.54, 1.807) is 0 Å². The summed E-state index contributed by atoms with van der Waals surface area (Å²) in [6, 6.07) is 2.18. The lowest BCUT2D eigenvalue weighted by molar-refractivity contribution is -0.138. The van der Waals surface area contributed by atoms with Gasteiger partial charge in [-0.1, -0.05) is 19.9 Å². The minimum Gasteiger partial charge on any atom is -0.207 e. The van der Waals surface area contributed by atoms with Crippen molar-refractivity contribution in [1.29, 1.82) is 0 Å². The number of nitrogens with zero attached hydrogens (tertiary/aromatic N) is 1. The van der Waals surface area contributed by atoms with Gasteiger partial charge >= 0.3 is 12.4 Å². The lowest BCUT2D eigenvalue weighted by Gasteiger charge is -2.25. The zero-order chi connectivity index (χ0) is 18.9. The predicted molar refractivity (Wildman–Crippen MR) is 75.8 cm³/mol. The van der Waals surface area contributed by atoms with Crippen molar-refractivity contribution in [3.8, 4) is 0 Å². The van der Waals surface area contributed by atoms with Crippen molar-refractivity contribution in [2.75, 3.05) is 13.1 Å². The van der Waals surface area contributed by atoms with Gasteiger partial charge in [-0.2, -0.15) is 30.6 Å². The van der Waals surface area contributed by atoms with Gasteiger partial charge in [0.1, 0.15) is 6.54 Å². The third kappa shape index (κ3) is 5.37. The lowest BCUT2D eigenvalue weighted by Crippen LogP contribution is -2.41. The summed E-state index contributed by atoms with van der Waals surface area (Å²) in [4.78, 5) is -0.815. The van der Waals surface area contributed by atoms with Crippen molar-refractivity contribution >= 4 is 10.0 Å². The van der Waals surface area contributed by atoms with Gasteiger partial charge in [0.15, 0.2) is 0 Å². The third-order valence-corrected chi connectivity index (χ3v) is 4.88. The average Bonchev–Trinajstić information content (AvgIpc) is 2.34. The zero-order valence-electron chi connectivity index (χ0n) is 13.2. The molecule has 0 saturated heterocycles. The lowest BCUT2D eigenvalue weighted by atomic mass is 10.1. The van der Waals surface area contributed by atoms with Gasteiger partial charge in [0, 0.05) is 6.54 Å². The summed E-state index contributed by atoms with van der Waals surface area (Å²) < 4.78 is 102. The highest BCUT2D eigenvalue weighted by Gasteiger charge is 2.39. The van der Waals surface area contributed by atoms with Crippen LogP contribution in [0.25, 0.3) is 0 Å². The Morgan fingerprint density at radius 2 is 1.62 bits per heavy atom. The molecule has 0 spiro atoms. The number of benzene rings is 1. The second-order valence-corrected chi connectivity index (χ2v) is 7.72. The average molecular weight is 377 g/mol. The van der Waals surface area contributed by atoms with Crippen LogP contribution in [-0.4, -0.2) is 32.0 Å². The quantitative estimate of drug-likeness (QED) is 0.721. The van der Waals surface area contributed by atoms with E-state index in [0.29, 0.717) is 6.07 Å². The molecule has 0 aliphatic carbocycles. The van der Waals surface area contributed by atoms with Crippen LogP contribution in [0.1, 0.15) is 25.0 Å². The molecule has 0 N–H and O–H groups in total. The van der Waals surface area contributed by atoms with E-state index in [2.05, 4.69) is 0 Å². The molecule has 0 fully saturated rings.